The molecule has 4 heteroatoms. The lowest BCUT2D eigenvalue weighted by Gasteiger charge is -2.70. The molecule has 0 spiro atoms. The Balaban J connectivity index is 1.68. The number of carboxylic acids is 1. The minimum atomic E-state index is -0.923. The average Bonchev–Trinajstić information content (AvgIpc) is 2.70. The van der Waals surface area contributed by atoms with Gasteiger partial charge in [0.05, 0.1) is 11.5 Å². The lowest BCUT2D eigenvalue weighted by atomic mass is 9.33. The van der Waals surface area contributed by atoms with Crippen LogP contribution in [0.4, 0.5) is 0 Å². The molecule has 34 heavy (non-hydrogen) atoms. The molecule has 0 radical (unpaired) electrons. The Morgan fingerprint density at radius 2 is 1.59 bits per heavy atom. The Kier molecular flexibility index (Phi) is 5.04. The fourth-order valence-electron chi connectivity index (χ4n) is 10.6. The molecule has 0 saturated heterocycles. The maximum atomic E-state index is 13.5. The van der Waals surface area contributed by atoms with Crippen LogP contribution < -0.4 is 0 Å². The van der Waals surface area contributed by atoms with Gasteiger partial charge in [0.15, 0.2) is 0 Å². The van der Waals surface area contributed by atoms with Gasteiger partial charge in [-0.25, -0.2) is 0 Å². The summed E-state index contributed by atoms with van der Waals surface area (Å²) in [7, 11) is 0. The molecule has 0 aromatic carbocycles. The van der Waals surface area contributed by atoms with E-state index in [-0.39, 0.29) is 33.9 Å². The van der Waals surface area contributed by atoms with Gasteiger partial charge >= 0.3 is 5.97 Å². The first-order valence-corrected chi connectivity index (χ1v) is 13.7. The summed E-state index contributed by atoms with van der Waals surface area (Å²) in [5.41, 5.74) is -0.695. The highest BCUT2D eigenvalue weighted by Crippen LogP contribution is 2.75. The topological polar surface area (TPSA) is 74.6 Å². The van der Waals surface area contributed by atoms with Crippen LogP contribution in [0, 0.1) is 50.2 Å². The van der Waals surface area contributed by atoms with Gasteiger partial charge in [-0.2, -0.15) is 0 Å². The van der Waals surface area contributed by atoms with Gasteiger partial charge in [0, 0.05) is 17.8 Å². The highest BCUT2D eigenvalue weighted by atomic mass is 16.4. The van der Waals surface area contributed by atoms with Crippen molar-refractivity contribution in [1.82, 2.24) is 0 Å². The molecule has 2 N–H and O–H groups in total. The molecule has 5 aliphatic carbocycles. The molecule has 0 bridgehead atoms. The van der Waals surface area contributed by atoms with E-state index in [2.05, 4.69) is 40.7 Å². The molecular formula is C30H46O4. The molecule has 4 fully saturated rings. The number of aliphatic hydroxyl groups excluding tert-OH is 1. The van der Waals surface area contributed by atoms with Crippen molar-refractivity contribution in [3.05, 3.63) is 11.6 Å². The van der Waals surface area contributed by atoms with Crippen LogP contribution in [-0.4, -0.2) is 28.1 Å². The normalized spacial score (nSPS) is 51.3. The van der Waals surface area contributed by atoms with Crippen LogP contribution in [0.15, 0.2) is 11.6 Å². The number of fused-ring (bicyclic) bond motifs is 7. The number of carbonyl (C=O) groups excluding carboxylic acids is 1. The molecular weight excluding hydrogens is 424 g/mol. The first-order valence-electron chi connectivity index (χ1n) is 13.7. The smallest absolute Gasteiger partial charge is 0.314 e. The van der Waals surface area contributed by atoms with E-state index in [1.54, 1.807) is 0 Å². The van der Waals surface area contributed by atoms with E-state index in [4.69, 9.17) is 0 Å². The van der Waals surface area contributed by atoms with Crippen molar-refractivity contribution in [1.29, 1.82) is 0 Å². The number of allylic oxidation sites excluding steroid dienone is 1. The highest BCUT2D eigenvalue weighted by Gasteiger charge is 2.73. The van der Waals surface area contributed by atoms with Crippen molar-refractivity contribution >= 4 is 11.8 Å². The first kappa shape index (κ1) is 24.5. The quantitative estimate of drug-likeness (QED) is 0.434. The predicted molar refractivity (Wildman–Crippen MR) is 133 cm³/mol. The number of Topliss-reactive ketones (excluding diaryl/α,β-unsaturated/α-hetero) is 1. The fourth-order valence-corrected chi connectivity index (χ4v) is 10.6. The Morgan fingerprint density at radius 3 is 2.24 bits per heavy atom. The van der Waals surface area contributed by atoms with Gasteiger partial charge in [-0.3, -0.25) is 9.59 Å². The number of aliphatic carboxylic acids is 1. The Bertz CT molecular complexity index is 961. The number of aliphatic hydroxyl groups is 1. The van der Waals surface area contributed by atoms with Gasteiger partial charge in [-0.1, -0.05) is 60.1 Å². The van der Waals surface area contributed by atoms with Crippen LogP contribution in [0.25, 0.3) is 0 Å². The Hall–Kier alpha value is -1.16. The van der Waals surface area contributed by atoms with Crippen molar-refractivity contribution in [3.8, 4) is 0 Å². The standard InChI is InChI=1S/C30H46O4/c1-25(2)12-13-27(5)14-15-30(24(33)34)18(19(27)16-25)8-9-21-28(6)11-10-22(32)26(3,4)23(28)20(31)17-29(21,30)7/h8,19-21,23,31H,9-17H2,1-7H3,(H,33,34). The molecule has 0 aromatic heterocycles. The van der Waals surface area contributed by atoms with Gasteiger partial charge < -0.3 is 10.2 Å². The van der Waals surface area contributed by atoms with Crippen molar-refractivity contribution in [3.63, 3.8) is 0 Å². The largest absolute Gasteiger partial charge is 0.481 e. The molecule has 8 unspecified atom stereocenters. The van der Waals surface area contributed by atoms with Gasteiger partial charge in [-0.05, 0) is 84.9 Å². The minimum Gasteiger partial charge on any atom is -0.481 e. The summed E-state index contributed by atoms with van der Waals surface area (Å²) in [6.45, 7) is 15.6. The number of hydrogen-bond donors (Lipinski definition) is 2. The molecule has 0 amide bonds. The summed E-state index contributed by atoms with van der Waals surface area (Å²) in [5.74, 6) is -0.109. The first-order chi connectivity index (χ1) is 15.6. The third kappa shape index (κ3) is 2.81. The summed E-state index contributed by atoms with van der Waals surface area (Å²) in [6, 6.07) is 0. The molecule has 4 saturated carbocycles. The molecule has 8 atom stereocenters. The van der Waals surface area contributed by atoms with Crippen molar-refractivity contribution in [2.24, 2.45) is 50.2 Å². The van der Waals surface area contributed by atoms with Gasteiger partial charge in [0.25, 0.3) is 0 Å². The van der Waals surface area contributed by atoms with E-state index < -0.39 is 28.3 Å². The van der Waals surface area contributed by atoms with E-state index in [9.17, 15) is 19.8 Å². The molecule has 5 aliphatic rings. The highest BCUT2D eigenvalue weighted by molar-refractivity contribution is 5.86. The second kappa shape index (κ2) is 6.99. The van der Waals surface area contributed by atoms with Crippen molar-refractivity contribution in [2.45, 2.75) is 112 Å². The van der Waals surface area contributed by atoms with Crippen molar-refractivity contribution in [2.75, 3.05) is 0 Å². The molecule has 0 aliphatic heterocycles. The van der Waals surface area contributed by atoms with E-state index in [1.807, 2.05) is 13.8 Å². The summed E-state index contributed by atoms with van der Waals surface area (Å²) in [4.78, 5) is 26.4. The molecule has 0 aromatic rings. The summed E-state index contributed by atoms with van der Waals surface area (Å²) in [5, 5.41) is 22.8. The number of carbonyl (C=O) groups is 2. The van der Waals surface area contributed by atoms with E-state index in [0.717, 1.165) is 32.1 Å². The zero-order valence-electron chi connectivity index (χ0n) is 22.5. The second-order valence-electron chi connectivity index (χ2n) is 15.1. The van der Waals surface area contributed by atoms with Crippen LogP contribution in [0.1, 0.15) is 106 Å². The molecule has 5 rings (SSSR count). The Morgan fingerprint density at radius 1 is 0.941 bits per heavy atom. The van der Waals surface area contributed by atoms with E-state index in [0.29, 0.717) is 25.2 Å². The van der Waals surface area contributed by atoms with Crippen molar-refractivity contribution < 1.29 is 19.8 Å². The lowest BCUT2D eigenvalue weighted by Crippen LogP contribution is -2.69. The maximum absolute atomic E-state index is 13.5. The van der Waals surface area contributed by atoms with Gasteiger partial charge in [-0.15, -0.1) is 0 Å². The summed E-state index contributed by atoms with van der Waals surface area (Å²) in [6.07, 6.45) is 9.37. The Labute approximate surface area is 206 Å². The number of ketones is 1. The van der Waals surface area contributed by atoms with E-state index in [1.165, 1.54) is 12.0 Å². The number of hydrogen-bond acceptors (Lipinski definition) is 3. The van der Waals surface area contributed by atoms with Crippen LogP contribution in [0.2, 0.25) is 0 Å². The SMILES string of the molecule is CC1(C)CCC2(C)CCC3(C(=O)O)C(=CCC4C5(C)CCC(=O)C(C)(C)C5C(O)CC43C)C2C1. The zero-order chi connectivity index (χ0) is 25.1. The monoisotopic (exact) mass is 470 g/mol. The minimum absolute atomic E-state index is 0.123. The fraction of sp³-hybridized carbons (Fsp3) is 0.867. The molecule has 0 heterocycles. The van der Waals surface area contributed by atoms with Gasteiger partial charge in [0.2, 0.25) is 0 Å². The van der Waals surface area contributed by atoms with Crippen LogP contribution in [0.3, 0.4) is 0 Å². The number of carboxylic acid groups (broad SMARTS) is 1. The van der Waals surface area contributed by atoms with Crippen LogP contribution >= 0.6 is 0 Å². The number of rotatable bonds is 1. The van der Waals surface area contributed by atoms with Crippen LogP contribution in [0.5, 0.6) is 0 Å². The summed E-state index contributed by atoms with van der Waals surface area (Å²) < 4.78 is 0. The average molecular weight is 471 g/mol. The third-order valence-electron chi connectivity index (χ3n) is 12.5. The maximum Gasteiger partial charge on any atom is 0.314 e. The predicted octanol–water partition coefficient (Wildman–Crippen LogP) is 6.41. The molecule has 4 nitrogen and oxygen atoms in total. The second-order valence-corrected chi connectivity index (χ2v) is 15.1. The third-order valence-corrected chi connectivity index (χ3v) is 12.5. The lowest BCUT2D eigenvalue weighted by molar-refractivity contribution is -0.226. The zero-order valence-corrected chi connectivity index (χ0v) is 22.5. The van der Waals surface area contributed by atoms with Gasteiger partial charge in [0.1, 0.15) is 5.78 Å². The van der Waals surface area contributed by atoms with E-state index >= 15 is 0 Å². The van der Waals surface area contributed by atoms with Crippen LogP contribution in [-0.2, 0) is 9.59 Å². The molecule has 190 valence electrons. The summed E-state index contributed by atoms with van der Waals surface area (Å²) >= 11 is 0.